The molecule has 0 aliphatic rings. The number of para-hydroxylation sites is 2. The number of hydrogen-bond acceptors (Lipinski definition) is 3. The van der Waals surface area contributed by atoms with Crippen LogP contribution in [0.15, 0.2) is 138 Å². The standard InChI is InChI=1S/C39H25N3O/c1-24-13-15-25(16-14-24)28-21-22-35-34(23-28)30-7-2-3-9-33(30)39-41-40-38(42(35)39)27-19-17-26(18-20-27)29-10-6-11-32-31-8-4-5-12-36(31)43-37(29)32/h2-23H,1H3. The van der Waals surface area contributed by atoms with Gasteiger partial charge in [-0.3, -0.25) is 4.40 Å². The predicted molar refractivity (Wildman–Crippen MR) is 176 cm³/mol. The summed E-state index contributed by atoms with van der Waals surface area (Å²) in [5, 5.41) is 15.1. The van der Waals surface area contributed by atoms with E-state index in [1.165, 1.54) is 27.5 Å². The molecular weight excluding hydrogens is 526 g/mol. The molecular formula is C39H25N3O. The zero-order valence-corrected chi connectivity index (χ0v) is 23.5. The number of pyridine rings is 1. The van der Waals surface area contributed by atoms with Crippen molar-refractivity contribution >= 4 is 49.3 Å². The second-order valence-electron chi connectivity index (χ2n) is 11.2. The molecule has 0 fully saturated rings. The van der Waals surface area contributed by atoms with Gasteiger partial charge in [-0.15, -0.1) is 10.2 Å². The lowest BCUT2D eigenvalue weighted by atomic mass is 9.99. The normalized spacial score (nSPS) is 11.8. The van der Waals surface area contributed by atoms with Gasteiger partial charge in [0.05, 0.1) is 5.52 Å². The predicted octanol–water partition coefficient (Wildman–Crippen LogP) is 10.2. The third-order valence-electron chi connectivity index (χ3n) is 8.60. The quantitative estimate of drug-likeness (QED) is 0.205. The summed E-state index contributed by atoms with van der Waals surface area (Å²) in [4.78, 5) is 0. The zero-order chi connectivity index (χ0) is 28.5. The molecule has 3 aromatic heterocycles. The largest absolute Gasteiger partial charge is 0.455 e. The Bertz CT molecular complexity index is 2500. The van der Waals surface area contributed by atoms with Gasteiger partial charge in [0.25, 0.3) is 0 Å². The first-order valence-electron chi connectivity index (χ1n) is 14.5. The summed E-state index contributed by atoms with van der Waals surface area (Å²) in [6.45, 7) is 2.12. The molecule has 0 N–H and O–H groups in total. The van der Waals surface area contributed by atoms with Crippen LogP contribution in [0.25, 0.3) is 82.9 Å². The van der Waals surface area contributed by atoms with E-state index >= 15 is 0 Å². The van der Waals surface area contributed by atoms with Gasteiger partial charge in [-0.1, -0.05) is 121 Å². The molecule has 43 heavy (non-hydrogen) atoms. The number of fused-ring (bicyclic) bond motifs is 9. The number of hydrogen-bond donors (Lipinski definition) is 0. The van der Waals surface area contributed by atoms with E-state index in [1.807, 2.05) is 12.1 Å². The number of nitrogens with zero attached hydrogens (tertiary/aromatic N) is 3. The van der Waals surface area contributed by atoms with Crippen LogP contribution in [-0.2, 0) is 0 Å². The van der Waals surface area contributed by atoms with Gasteiger partial charge in [-0.05, 0) is 47.2 Å². The monoisotopic (exact) mass is 551 g/mol. The molecule has 3 heterocycles. The highest BCUT2D eigenvalue weighted by Crippen LogP contribution is 2.38. The third-order valence-corrected chi connectivity index (χ3v) is 8.60. The summed E-state index contributed by atoms with van der Waals surface area (Å²) >= 11 is 0. The fourth-order valence-corrected chi connectivity index (χ4v) is 6.43. The first kappa shape index (κ1) is 23.9. The first-order chi connectivity index (χ1) is 21.2. The van der Waals surface area contributed by atoms with E-state index < -0.39 is 0 Å². The van der Waals surface area contributed by atoms with E-state index in [0.29, 0.717) is 0 Å². The van der Waals surface area contributed by atoms with E-state index in [1.54, 1.807) is 0 Å². The minimum absolute atomic E-state index is 0.822. The Labute approximate surface area is 247 Å². The van der Waals surface area contributed by atoms with Crippen LogP contribution < -0.4 is 0 Å². The second kappa shape index (κ2) is 9.13. The molecule has 202 valence electrons. The summed E-state index contributed by atoms with van der Waals surface area (Å²) < 4.78 is 8.51. The molecule has 0 saturated carbocycles. The maximum absolute atomic E-state index is 6.31. The van der Waals surface area contributed by atoms with Gasteiger partial charge in [-0.2, -0.15) is 0 Å². The molecule has 4 nitrogen and oxygen atoms in total. The fourth-order valence-electron chi connectivity index (χ4n) is 6.43. The lowest BCUT2D eigenvalue weighted by molar-refractivity contribution is 0.670. The summed E-state index contributed by atoms with van der Waals surface area (Å²) in [6.07, 6.45) is 0. The van der Waals surface area contributed by atoms with E-state index in [9.17, 15) is 0 Å². The van der Waals surface area contributed by atoms with E-state index in [4.69, 9.17) is 14.6 Å². The Kier molecular flexibility index (Phi) is 5.08. The Hall–Kier alpha value is -5.74. The van der Waals surface area contributed by atoms with Crippen LogP contribution in [0.2, 0.25) is 0 Å². The molecule has 4 heteroatoms. The van der Waals surface area contributed by atoms with Crippen molar-refractivity contribution in [3.63, 3.8) is 0 Å². The highest BCUT2D eigenvalue weighted by Gasteiger charge is 2.17. The van der Waals surface area contributed by atoms with Gasteiger partial charge in [0, 0.05) is 32.7 Å². The molecule has 0 aliphatic carbocycles. The van der Waals surface area contributed by atoms with Crippen LogP contribution in [0.5, 0.6) is 0 Å². The highest BCUT2D eigenvalue weighted by atomic mass is 16.3. The minimum Gasteiger partial charge on any atom is -0.455 e. The summed E-state index contributed by atoms with van der Waals surface area (Å²) in [5.74, 6) is 0.822. The van der Waals surface area contributed by atoms with E-state index in [2.05, 4.69) is 133 Å². The lowest BCUT2D eigenvalue weighted by Crippen LogP contribution is -1.95. The number of benzene rings is 6. The van der Waals surface area contributed by atoms with Gasteiger partial charge < -0.3 is 4.42 Å². The molecule has 0 bridgehead atoms. The van der Waals surface area contributed by atoms with Gasteiger partial charge in [0.15, 0.2) is 11.5 Å². The van der Waals surface area contributed by atoms with Crippen LogP contribution in [0.4, 0.5) is 0 Å². The number of aromatic nitrogens is 3. The van der Waals surface area contributed by atoms with Crippen molar-refractivity contribution in [1.82, 2.24) is 14.6 Å². The Morgan fingerprint density at radius 1 is 0.512 bits per heavy atom. The number of rotatable bonds is 3. The Morgan fingerprint density at radius 3 is 2.02 bits per heavy atom. The molecule has 6 aromatic carbocycles. The average molecular weight is 552 g/mol. The maximum atomic E-state index is 6.31. The van der Waals surface area contributed by atoms with Crippen LogP contribution in [-0.4, -0.2) is 14.6 Å². The van der Waals surface area contributed by atoms with Gasteiger partial charge >= 0.3 is 0 Å². The maximum Gasteiger partial charge on any atom is 0.169 e. The third kappa shape index (κ3) is 3.63. The van der Waals surface area contributed by atoms with Gasteiger partial charge in [-0.25, -0.2) is 0 Å². The highest BCUT2D eigenvalue weighted by molar-refractivity contribution is 6.13. The van der Waals surface area contributed by atoms with Crippen molar-refractivity contribution in [2.45, 2.75) is 6.92 Å². The van der Waals surface area contributed by atoms with Crippen molar-refractivity contribution in [3.8, 4) is 33.6 Å². The van der Waals surface area contributed by atoms with E-state index in [-0.39, 0.29) is 0 Å². The molecule has 0 radical (unpaired) electrons. The summed E-state index contributed by atoms with van der Waals surface area (Å²) in [5.41, 5.74) is 10.6. The first-order valence-corrected chi connectivity index (χ1v) is 14.5. The summed E-state index contributed by atoms with van der Waals surface area (Å²) in [6, 6.07) is 47.0. The van der Waals surface area contributed by atoms with Gasteiger partial charge in [0.2, 0.25) is 0 Å². The molecule has 0 atom stereocenters. The molecule has 9 aromatic rings. The van der Waals surface area contributed by atoms with Crippen LogP contribution in [0, 0.1) is 6.92 Å². The second-order valence-corrected chi connectivity index (χ2v) is 11.2. The Balaban J connectivity index is 1.22. The average Bonchev–Trinajstić information content (AvgIpc) is 3.68. The van der Waals surface area contributed by atoms with Crippen molar-refractivity contribution in [3.05, 3.63) is 139 Å². The van der Waals surface area contributed by atoms with Crippen LogP contribution in [0.3, 0.4) is 0 Å². The van der Waals surface area contributed by atoms with Crippen molar-refractivity contribution in [2.24, 2.45) is 0 Å². The SMILES string of the molecule is Cc1ccc(-c2ccc3c(c2)c2ccccc2c2nnc(-c4ccc(-c5cccc6c5oc5ccccc56)cc4)n32)cc1. The number of aryl methyl sites for hydroxylation is 1. The summed E-state index contributed by atoms with van der Waals surface area (Å²) in [7, 11) is 0. The van der Waals surface area contributed by atoms with Crippen molar-refractivity contribution < 1.29 is 4.42 Å². The molecule has 0 unspecified atom stereocenters. The van der Waals surface area contributed by atoms with Crippen LogP contribution in [0.1, 0.15) is 5.56 Å². The molecule has 0 aliphatic heterocycles. The van der Waals surface area contributed by atoms with E-state index in [0.717, 1.165) is 61.0 Å². The van der Waals surface area contributed by atoms with Gasteiger partial charge in [0.1, 0.15) is 11.2 Å². The Morgan fingerprint density at radius 2 is 1.19 bits per heavy atom. The molecule has 9 rings (SSSR count). The number of furan rings is 1. The zero-order valence-electron chi connectivity index (χ0n) is 23.5. The minimum atomic E-state index is 0.822. The fraction of sp³-hybridized carbons (Fsp3) is 0.0256. The van der Waals surface area contributed by atoms with Crippen molar-refractivity contribution in [1.29, 1.82) is 0 Å². The van der Waals surface area contributed by atoms with Crippen molar-refractivity contribution in [2.75, 3.05) is 0 Å². The molecule has 0 spiro atoms. The smallest absolute Gasteiger partial charge is 0.169 e. The molecule has 0 amide bonds. The molecule has 0 saturated heterocycles. The topological polar surface area (TPSA) is 43.3 Å². The van der Waals surface area contributed by atoms with Crippen LogP contribution >= 0.6 is 0 Å². The lowest BCUT2D eigenvalue weighted by Gasteiger charge is -2.12.